The van der Waals surface area contributed by atoms with Gasteiger partial charge in [-0.1, -0.05) is 54.1 Å². The molecular weight excluding hydrogens is 246 g/mol. The summed E-state index contributed by atoms with van der Waals surface area (Å²) >= 11 is 0. The van der Waals surface area contributed by atoms with Crippen LogP contribution in [0.4, 0.5) is 0 Å². The van der Waals surface area contributed by atoms with Crippen LogP contribution in [0.15, 0.2) is 48.5 Å². The average Bonchev–Trinajstić information content (AvgIpc) is 2.45. The fourth-order valence-corrected chi connectivity index (χ4v) is 2.64. The third kappa shape index (κ3) is 3.47. The van der Waals surface area contributed by atoms with Gasteiger partial charge in [-0.15, -0.1) is 0 Å². The van der Waals surface area contributed by atoms with Crippen LogP contribution in [-0.4, -0.2) is 11.7 Å². The Kier molecular flexibility index (Phi) is 4.94. The first-order valence-electron chi connectivity index (χ1n) is 7.11. The summed E-state index contributed by atoms with van der Waals surface area (Å²) in [5.41, 5.74) is 4.96. The Morgan fingerprint density at radius 3 is 2.35 bits per heavy atom. The number of rotatable bonds is 5. The third-order valence-corrected chi connectivity index (χ3v) is 3.73. The minimum Gasteiger partial charge on any atom is -0.394 e. The van der Waals surface area contributed by atoms with Gasteiger partial charge in [0.2, 0.25) is 0 Å². The monoisotopic (exact) mass is 269 g/mol. The van der Waals surface area contributed by atoms with Gasteiger partial charge in [0.25, 0.3) is 0 Å². The lowest BCUT2D eigenvalue weighted by Crippen LogP contribution is -2.27. The zero-order valence-corrected chi connectivity index (χ0v) is 12.4. The van der Waals surface area contributed by atoms with Crippen LogP contribution in [-0.2, 0) is 0 Å². The van der Waals surface area contributed by atoms with Gasteiger partial charge in [0, 0.05) is 6.04 Å². The number of benzene rings is 2. The summed E-state index contributed by atoms with van der Waals surface area (Å²) < 4.78 is 0. The highest BCUT2D eigenvalue weighted by atomic mass is 16.3. The average molecular weight is 269 g/mol. The van der Waals surface area contributed by atoms with E-state index < -0.39 is 0 Å². The Morgan fingerprint density at radius 1 is 1.05 bits per heavy atom. The van der Waals surface area contributed by atoms with Crippen LogP contribution in [0.25, 0.3) is 0 Å². The quantitative estimate of drug-likeness (QED) is 0.867. The zero-order valence-electron chi connectivity index (χ0n) is 12.4. The van der Waals surface area contributed by atoms with Gasteiger partial charge in [0.05, 0.1) is 12.6 Å². The summed E-state index contributed by atoms with van der Waals surface area (Å²) in [6.07, 6.45) is 0. The standard InChI is InChI=1S/C18H23NO/c1-13-9-10-17(14(2)11-13)15(3)19-18(12-20)16-7-5-4-6-8-16/h4-11,15,18-20H,12H2,1-3H3/t15?,18-/m1/s1. The predicted molar refractivity (Wildman–Crippen MR) is 83.7 cm³/mol. The van der Waals surface area contributed by atoms with E-state index >= 15 is 0 Å². The van der Waals surface area contributed by atoms with Crippen LogP contribution in [0.2, 0.25) is 0 Å². The zero-order chi connectivity index (χ0) is 14.5. The molecule has 0 aliphatic heterocycles. The van der Waals surface area contributed by atoms with Crippen molar-refractivity contribution in [3.05, 3.63) is 70.8 Å². The van der Waals surface area contributed by atoms with Crippen molar-refractivity contribution >= 4 is 0 Å². The molecule has 2 rings (SSSR count). The van der Waals surface area contributed by atoms with Crippen molar-refractivity contribution in [2.45, 2.75) is 32.9 Å². The minimum atomic E-state index is -0.0353. The number of hydrogen-bond donors (Lipinski definition) is 2. The minimum absolute atomic E-state index is 0.0353. The lowest BCUT2D eigenvalue weighted by molar-refractivity contribution is 0.235. The normalized spacial score (nSPS) is 14.0. The van der Waals surface area contributed by atoms with Gasteiger partial charge in [-0.3, -0.25) is 0 Å². The highest BCUT2D eigenvalue weighted by Crippen LogP contribution is 2.22. The van der Waals surface area contributed by atoms with Crippen LogP contribution in [0.3, 0.4) is 0 Å². The van der Waals surface area contributed by atoms with Gasteiger partial charge in [0.1, 0.15) is 0 Å². The molecule has 106 valence electrons. The summed E-state index contributed by atoms with van der Waals surface area (Å²) in [4.78, 5) is 0. The summed E-state index contributed by atoms with van der Waals surface area (Å²) in [7, 11) is 0. The molecule has 0 radical (unpaired) electrons. The number of aliphatic hydroxyl groups excluding tert-OH is 1. The lowest BCUT2D eigenvalue weighted by atomic mass is 9.98. The summed E-state index contributed by atoms with van der Waals surface area (Å²) in [5.74, 6) is 0. The SMILES string of the molecule is Cc1ccc(C(C)N[C@H](CO)c2ccccc2)c(C)c1. The molecule has 2 aromatic carbocycles. The summed E-state index contributed by atoms with van der Waals surface area (Å²) in [6.45, 7) is 6.48. The van der Waals surface area contributed by atoms with Crippen molar-refractivity contribution in [1.29, 1.82) is 0 Å². The fraction of sp³-hybridized carbons (Fsp3) is 0.333. The van der Waals surface area contributed by atoms with E-state index in [1.54, 1.807) is 0 Å². The summed E-state index contributed by atoms with van der Waals surface area (Å²) in [5, 5.41) is 13.1. The van der Waals surface area contributed by atoms with Gasteiger partial charge in [0.15, 0.2) is 0 Å². The molecule has 0 spiro atoms. The molecule has 0 heterocycles. The van der Waals surface area contributed by atoms with Crippen molar-refractivity contribution < 1.29 is 5.11 Å². The molecule has 0 aliphatic carbocycles. The van der Waals surface area contributed by atoms with Crippen molar-refractivity contribution in [3.63, 3.8) is 0 Å². The predicted octanol–water partition coefficient (Wildman–Crippen LogP) is 3.69. The van der Waals surface area contributed by atoms with Crippen LogP contribution in [0.1, 0.15) is 41.3 Å². The third-order valence-electron chi connectivity index (χ3n) is 3.73. The molecule has 0 aliphatic rings. The van der Waals surface area contributed by atoms with Crippen molar-refractivity contribution in [1.82, 2.24) is 5.32 Å². The molecule has 20 heavy (non-hydrogen) atoms. The summed E-state index contributed by atoms with van der Waals surface area (Å²) in [6, 6.07) is 16.8. The van der Waals surface area contributed by atoms with Crippen LogP contribution in [0.5, 0.6) is 0 Å². The molecular formula is C18H23NO. The first-order chi connectivity index (χ1) is 9.61. The van der Waals surface area contributed by atoms with Crippen LogP contribution in [0, 0.1) is 13.8 Å². The number of hydrogen-bond acceptors (Lipinski definition) is 2. The van der Waals surface area contributed by atoms with E-state index in [0.717, 1.165) is 5.56 Å². The molecule has 2 atom stereocenters. The van der Waals surface area contributed by atoms with Gasteiger partial charge >= 0.3 is 0 Å². The Hall–Kier alpha value is -1.64. The number of aliphatic hydroxyl groups is 1. The number of aryl methyl sites for hydroxylation is 2. The van der Waals surface area contributed by atoms with Gasteiger partial charge < -0.3 is 10.4 Å². The van der Waals surface area contributed by atoms with E-state index in [4.69, 9.17) is 0 Å². The number of nitrogens with one attached hydrogen (secondary N) is 1. The molecule has 0 bridgehead atoms. The Morgan fingerprint density at radius 2 is 1.75 bits per heavy atom. The van der Waals surface area contributed by atoms with Crippen LogP contribution < -0.4 is 5.32 Å². The molecule has 2 nitrogen and oxygen atoms in total. The largest absolute Gasteiger partial charge is 0.394 e. The smallest absolute Gasteiger partial charge is 0.0626 e. The molecule has 0 fully saturated rings. The maximum absolute atomic E-state index is 9.63. The van der Waals surface area contributed by atoms with E-state index in [9.17, 15) is 5.11 Å². The topological polar surface area (TPSA) is 32.3 Å². The molecule has 2 heteroatoms. The maximum Gasteiger partial charge on any atom is 0.0626 e. The highest BCUT2D eigenvalue weighted by Gasteiger charge is 2.15. The molecule has 2 aromatic rings. The van der Waals surface area contributed by atoms with Crippen molar-refractivity contribution in [2.24, 2.45) is 0 Å². The second-order valence-corrected chi connectivity index (χ2v) is 5.39. The fourth-order valence-electron chi connectivity index (χ4n) is 2.64. The van der Waals surface area contributed by atoms with E-state index in [1.807, 2.05) is 30.3 Å². The van der Waals surface area contributed by atoms with Gasteiger partial charge in [-0.25, -0.2) is 0 Å². The van der Waals surface area contributed by atoms with Gasteiger partial charge in [-0.05, 0) is 37.5 Å². The molecule has 1 unspecified atom stereocenters. The van der Waals surface area contributed by atoms with Crippen molar-refractivity contribution in [3.8, 4) is 0 Å². The van der Waals surface area contributed by atoms with E-state index in [-0.39, 0.29) is 18.7 Å². The second kappa shape index (κ2) is 6.69. The molecule has 0 aromatic heterocycles. The first-order valence-corrected chi connectivity index (χ1v) is 7.11. The van der Waals surface area contributed by atoms with E-state index in [0.29, 0.717) is 0 Å². The second-order valence-electron chi connectivity index (χ2n) is 5.39. The van der Waals surface area contributed by atoms with E-state index in [2.05, 4.69) is 44.3 Å². The Labute approximate surface area is 121 Å². The molecule has 0 saturated heterocycles. The van der Waals surface area contributed by atoms with E-state index in [1.165, 1.54) is 16.7 Å². The lowest BCUT2D eigenvalue weighted by Gasteiger charge is -2.24. The van der Waals surface area contributed by atoms with Crippen molar-refractivity contribution in [2.75, 3.05) is 6.61 Å². The molecule has 0 saturated carbocycles. The maximum atomic E-state index is 9.63. The van der Waals surface area contributed by atoms with Crippen LogP contribution >= 0.6 is 0 Å². The highest BCUT2D eigenvalue weighted by molar-refractivity contribution is 5.33. The Bertz CT molecular complexity index is 551. The molecule has 2 N–H and O–H groups in total. The Balaban J connectivity index is 2.15. The van der Waals surface area contributed by atoms with Gasteiger partial charge in [-0.2, -0.15) is 0 Å². The molecule has 0 amide bonds. The first kappa shape index (κ1) is 14.8.